The van der Waals surface area contributed by atoms with Crippen LogP contribution in [0.4, 0.5) is 0 Å². The van der Waals surface area contributed by atoms with E-state index in [1.54, 1.807) is 6.07 Å². The van der Waals surface area contributed by atoms with Gasteiger partial charge in [0.1, 0.15) is 5.65 Å². The predicted molar refractivity (Wildman–Crippen MR) is 97.9 cm³/mol. The van der Waals surface area contributed by atoms with E-state index in [4.69, 9.17) is 5.11 Å². The third-order valence-corrected chi connectivity index (χ3v) is 4.16. The lowest BCUT2D eigenvalue weighted by atomic mass is 10.1. The number of aromatic carboxylic acids is 1. The molecule has 0 fully saturated rings. The van der Waals surface area contributed by atoms with Gasteiger partial charge in [-0.15, -0.1) is 0 Å². The molecule has 0 radical (unpaired) electrons. The van der Waals surface area contributed by atoms with Crippen molar-refractivity contribution in [3.05, 3.63) is 80.9 Å². The summed E-state index contributed by atoms with van der Waals surface area (Å²) in [5, 5.41) is 9.11. The van der Waals surface area contributed by atoms with Crippen LogP contribution >= 0.6 is 0 Å². The number of nitrogens with zero attached hydrogens (tertiary/aromatic N) is 2. The first kappa shape index (κ1) is 16.6. The molecule has 0 spiro atoms. The molecular formula is C20H18N2O3. The number of benzene rings is 1. The van der Waals surface area contributed by atoms with Crippen molar-refractivity contribution < 1.29 is 9.90 Å². The molecule has 0 saturated carbocycles. The zero-order valence-electron chi connectivity index (χ0n) is 14.1. The van der Waals surface area contributed by atoms with Gasteiger partial charge in [0.05, 0.1) is 11.3 Å². The van der Waals surface area contributed by atoms with Crippen molar-refractivity contribution in [3.63, 3.8) is 0 Å². The van der Waals surface area contributed by atoms with Crippen LogP contribution in [0.2, 0.25) is 0 Å². The van der Waals surface area contributed by atoms with Crippen LogP contribution in [0, 0.1) is 6.92 Å². The average molecular weight is 334 g/mol. The number of rotatable bonds is 4. The quantitative estimate of drug-likeness (QED) is 0.793. The lowest BCUT2D eigenvalue weighted by Gasteiger charge is -2.08. The van der Waals surface area contributed by atoms with E-state index in [-0.39, 0.29) is 11.1 Å². The largest absolute Gasteiger partial charge is 0.478 e. The van der Waals surface area contributed by atoms with Gasteiger partial charge in [0.15, 0.2) is 0 Å². The van der Waals surface area contributed by atoms with Crippen molar-refractivity contribution >= 4 is 23.8 Å². The minimum Gasteiger partial charge on any atom is -0.478 e. The Balaban J connectivity index is 2.16. The van der Waals surface area contributed by atoms with E-state index in [2.05, 4.69) is 4.98 Å². The summed E-state index contributed by atoms with van der Waals surface area (Å²) < 4.78 is 1.30. The molecule has 3 aromatic rings. The van der Waals surface area contributed by atoms with Gasteiger partial charge in [-0.1, -0.05) is 37.3 Å². The Bertz CT molecular complexity index is 1050. The van der Waals surface area contributed by atoms with Crippen LogP contribution in [0.5, 0.6) is 0 Å². The Morgan fingerprint density at radius 3 is 2.64 bits per heavy atom. The summed E-state index contributed by atoms with van der Waals surface area (Å²) in [5.41, 5.74) is 3.62. The maximum atomic E-state index is 12.7. The van der Waals surface area contributed by atoms with Crippen molar-refractivity contribution in [2.24, 2.45) is 0 Å². The molecule has 1 N–H and O–H groups in total. The van der Waals surface area contributed by atoms with E-state index >= 15 is 0 Å². The van der Waals surface area contributed by atoms with Crippen molar-refractivity contribution in [1.82, 2.24) is 9.38 Å². The number of pyridine rings is 1. The highest BCUT2D eigenvalue weighted by Crippen LogP contribution is 2.14. The predicted octanol–water partition coefficient (Wildman–Crippen LogP) is 3.43. The van der Waals surface area contributed by atoms with Crippen LogP contribution in [0.1, 0.15) is 39.7 Å². The van der Waals surface area contributed by atoms with E-state index in [0.29, 0.717) is 23.3 Å². The van der Waals surface area contributed by atoms with Crippen molar-refractivity contribution in [1.29, 1.82) is 0 Å². The fourth-order valence-corrected chi connectivity index (χ4v) is 2.73. The maximum Gasteiger partial charge on any atom is 0.337 e. The number of carboxylic acid groups (broad SMARTS) is 1. The van der Waals surface area contributed by atoms with Gasteiger partial charge >= 0.3 is 5.97 Å². The Hall–Kier alpha value is -3.21. The van der Waals surface area contributed by atoms with Gasteiger partial charge in [0.2, 0.25) is 0 Å². The Morgan fingerprint density at radius 1 is 1.20 bits per heavy atom. The summed E-state index contributed by atoms with van der Waals surface area (Å²) in [6.45, 7) is 3.91. The fourth-order valence-electron chi connectivity index (χ4n) is 2.73. The number of hydrogen-bond acceptors (Lipinski definition) is 3. The lowest BCUT2D eigenvalue weighted by molar-refractivity contribution is 0.0696. The molecule has 5 nitrogen and oxygen atoms in total. The lowest BCUT2D eigenvalue weighted by Crippen LogP contribution is -2.22. The number of fused-ring (bicyclic) bond motifs is 1. The summed E-state index contributed by atoms with van der Waals surface area (Å²) in [6.07, 6.45) is 5.62. The van der Waals surface area contributed by atoms with E-state index in [0.717, 1.165) is 11.1 Å². The molecule has 1 aromatic carbocycles. The normalized spacial score (nSPS) is 11.3. The van der Waals surface area contributed by atoms with E-state index in [9.17, 15) is 9.59 Å². The Kier molecular flexibility index (Phi) is 4.48. The second-order valence-electron chi connectivity index (χ2n) is 5.78. The maximum absolute atomic E-state index is 12.7. The summed E-state index contributed by atoms with van der Waals surface area (Å²) in [7, 11) is 0. The first-order valence-electron chi connectivity index (χ1n) is 8.03. The molecule has 25 heavy (non-hydrogen) atoms. The van der Waals surface area contributed by atoms with Gasteiger partial charge in [0.25, 0.3) is 5.56 Å². The zero-order valence-corrected chi connectivity index (χ0v) is 14.1. The topological polar surface area (TPSA) is 71.7 Å². The highest BCUT2D eigenvalue weighted by Gasteiger charge is 2.11. The van der Waals surface area contributed by atoms with Crippen LogP contribution in [0.3, 0.4) is 0 Å². The van der Waals surface area contributed by atoms with Gasteiger partial charge in [0, 0.05) is 11.8 Å². The van der Waals surface area contributed by atoms with E-state index in [1.165, 1.54) is 16.7 Å². The van der Waals surface area contributed by atoms with Crippen LogP contribution in [-0.2, 0) is 6.42 Å². The summed E-state index contributed by atoms with van der Waals surface area (Å²) in [4.78, 5) is 28.4. The molecular weight excluding hydrogens is 316 g/mol. The minimum atomic E-state index is -1.07. The number of aromatic nitrogens is 2. The molecule has 0 unspecified atom stereocenters. The molecule has 3 rings (SSSR count). The molecule has 126 valence electrons. The van der Waals surface area contributed by atoms with Gasteiger partial charge in [-0.25, -0.2) is 9.78 Å². The molecule has 0 atom stereocenters. The van der Waals surface area contributed by atoms with Crippen LogP contribution in [0.25, 0.3) is 17.8 Å². The van der Waals surface area contributed by atoms with Gasteiger partial charge in [-0.3, -0.25) is 9.20 Å². The Morgan fingerprint density at radius 2 is 1.96 bits per heavy atom. The first-order valence-corrected chi connectivity index (χ1v) is 8.03. The fraction of sp³-hybridized carbons (Fsp3) is 0.150. The van der Waals surface area contributed by atoms with E-state index in [1.807, 2.05) is 50.3 Å². The summed E-state index contributed by atoms with van der Waals surface area (Å²) in [6, 6.07) is 11.0. The molecule has 0 aliphatic carbocycles. The van der Waals surface area contributed by atoms with E-state index < -0.39 is 5.97 Å². The molecule has 2 heterocycles. The monoisotopic (exact) mass is 334 g/mol. The molecule has 0 saturated heterocycles. The average Bonchev–Trinajstić information content (AvgIpc) is 2.61. The minimum absolute atomic E-state index is 0.0571. The summed E-state index contributed by atoms with van der Waals surface area (Å²) in [5.74, 6) is -1.07. The highest BCUT2D eigenvalue weighted by atomic mass is 16.4. The number of aryl methyl sites for hydroxylation is 1. The molecule has 5 heteroatoms. The van der Waals surface area contributed by atoms with Gasteiger partial charge in [-0.2, -0.15) is 0 Å². The van der Waals surface area contributed by atoms with Crippen molar-refractivity contribution in [2.45, 2.75) is 20.3 Å². The second kappa shape index (κ2) is 6.73. The first-order chi connectivity index (χ1) is 12.0. The standard InChI is InChI=1S/C20H18N2O3/c1-3-16-17(10-8-14-7-5-4-6-13(14)2)21-18-11-9-15(20(24)25)12-22(18)19(16)23/h4-12H,3H2,1-2H3,(H,24,25)/b10-8+. The molecule has 2 aromatic heterocycles. The third-order valence-electron chi connectivity index (χ3n) is 4.16. The molecule has 0 bridgehead atoms. The Labute approximate surface area is 144 Å². The molecule has 0 amide bonds. The number of carbonyl (C=O) groups is 1. The summed E-state index contributed by atoms with van der Waals surface area (Å²) >= 11 is 0. The zero-order chi connectivity index (χ0) is 18.0. The van der Waals surface area contributed by atoms with Crippen LogP contribution in [-0.4, -0.2) is 20.5 Å². The number of carboxylic acids is 1. The van der Waals surface area contributed by atoms with Crippen molar-refractivity contribution in [3.8, 4) is 0 Å². The van der Waals surface area contributed by atoms with Crippen LogP contribution < -0.4 is 5.56 Å². The molecule has 0 aliphatic rings. The third kappa shape index (κ3) is 3.21. The van der Waals surface area contributed by atoms with Gasteiger partial charge < -0.3 is 5.11 Å². The second-order valence-corrected chi connectivity index (χ2v) is 5.78. The van der Waals surface area contributed by atoms with Crippen molar-refractivity contribution in [2.75, 3.05) is 0 Å². The van der Waals surface area contributed by atoms with Gasteiger partial charge in [-0.05, 0) is 42.7 Å². The molecule has 0 aliphatic heterocycles. The SMILES string of the molecule is CCc1c(/C=C/c2ccccc2C)nc2ccc(C(=O)O)cn2c1=O. The smallest absolute Gasteiger partial charge is 0.337 e. The number of hydrogen-bond donors (Lipinski definition) is 1. The highest BCUT2D eigenvalue weighted by molar-refractivity contribution is 5.87. The van der Waals surface area contributed by atoms with Crippen LogP contribution in [0.15, 0.2) is 47.4 Å².